The van der Waals surface area contributed by atoms with Crippen molar-refractivity contribution in [2.45, 2.75) is 19.8 Å². The van der Waals surface area contributed by atoms with Crippen molar-refractivity contribution in [3.63, 3.8) is 0 Å². The average Bonchev–Trinajstić information content (AvgIpc) is 2.55. The van der Waals surface area contributed by atoms with Gasteiger partial charge in [-0.15, -0.1) is 0 Å². The molecule has 5 nitrogen and oxygen atoms in total. The summed E-state index contributed by atoms with van der Waals surface area (Å²) in [5.74, 6) is 0.742. The van der Waals surface area contributed by atoms with Crippen LogP contribution < -0.4 is 4.74 Å². The lowest BCUT2D eigenvalue weighted by molar-refractivity contribution is 0.0988. The van der Waals surface area contributed by atoms with Crippen LogP contribution in [0, 0.1) is 0 Å². The van der Waals surface area contributed by atoms with E-state index in [1.807, 2.05) is 18.2 Å². The minimum Gasteiger partial charge on any atom is -0.497 e. The Hall–Kier alpha value is -2.30. The summed E-state index contributed by atoms with van der Waals surface area (Å²) >= 11 is 0. The van der Waals surface area contributed by atoms with E-state index < -0.39 is 0 Å². The molecule has 0 saturated carbocycles. The van der Waals surface area contributed by atoms with E-state index in [0.717, 1.165) is 5.57 Å². The zero-order valence-corrected chi connectivity index (χ0v) is 13.0. The van der Waals surface area contributed by atoms with Crippen LogP contribution in [0.25, 0.3) is 0 Å². The van der Waals surface area contributed by atoms with Gasteiger partial charge in [0, 0.05) is 25.1 Å². The molecule has 0 spiro atoms. The molecule has 1 aromatic carbocycles. The predicted molar refractivity (Wildman–Crippen MR) is 83.2 cm³/mol. The highest BCUT2D eigenvalue weighted by atomic mass is 16.6. The number of Topliss-reactive ketones (excluding diaryl/α,β-unsaturated/α-hetero) is 1. The van der Waals surface area contributed by atoms with Crippen LogP contribution in [0.1, 0.15) is 30.1 Å². The number of rotatable bonds is 5. The zero-order chi connectivity index (χ0) is 15.9. The van der Waals surface area contributed by atoms with E-state index in [0.29, 0.717) is 43.9 Å². The molecule has 0 bridgehead atoms. The molecule has 1 aromatic rings. The second-order valence-corrected chi connectivity index (χ2v) is 5.09. The highest BCUT2D eigenvalue weighted by Crippen LogP contribution is 2.20. The Morgan fingerprint density at radius 3 is 2.77 bits per heavy atom. The fourth-order valence-corrected chi connectivity index (χ4v) is 2.36. The summed E-state index contributed by atoms with van der Waals surface area (Å²) in [6.07, 6.45) is 2.73. The second kappa shape index (κ2) is 7.64. The van der Waals surface area contributed by atoms with Crippen LogP contribution >= 0.6 is 0 Å². The summed E-state index contributed by atoms with van der Waals surface area (Å²) in [5.41, 5.74) is 1.71. The van der Waals surface area contributed by atoms with E-state index in [1.54, 1.807) is 31.1 Å². The van der Waals surface area contributed by atoms with Crippen molar-refractivity contribution in [2.24, 2.45) is 0 Å². The molecule has 118 valence electrons. The number of hydrogen-bond donors (Lipinski definition) is 0. The summed E-state index contributed by atoms with van der Waals surface area (Å²) < 4.78 is 10.1. The van der Waals surface area contributed by atoms with E-state index in [9.17, 15) is 9.59 Å². The third-order valence-electron chi connectivity index (χ3n) is 3.61. The number of carbonyl (C=O) groups is 2. The Bertz CT molecular complexity index is 580. The average molecular weight is 303 g/mol. The number of amides is 1. The maximum atomic E-state index is 12.3. The van der Waals surface area contributed by atoms with E-state index in [2.05, 4.69) is 0 Å². The third kappa shape index (κ3) is 4.10. The highest BCUT2D eigenvalue weighted by molar-refractivity contribution is 5.97. The van der Waals surface area contributed by atoms with Gasteiger partial charge in [0.1, 0.15) is 5.75 Å². The number of ketones is 1. The number of benzene rings is 1. The van der Waals surface area contributed by atoms with Crippen LogP contribution in [0.15, 0.2) is 35.9 Å². The van der Waals surface area contributed by atoms with Gasteiger partial charge in [0.25, 0.3) is 0 Å². The molecule has 0 aliphatic carbocycles. The molecule has 5 heteroatoms. The highest BCUT2D eigenvalue weighted by Gasteiger charge is 2.19. The summed E-state index contributed by atoms with van der Waals surface area (Å²) in [7, 11) is 1.58. The molecule has 22 heavy (non-hydrogen) atoms. The van der Waals surface area contributed by atoms with Gasteiger partial charge in [-0.3, -0.25) is 4.79 Å². The van der Waals surface area contributed by atoms with Crippen LogP contribution in [0.5, 0.6) is 5.75 Å². The van der Waals surface area contributed by atoms with Gasteiger partial charge in [0.15, 0.2) is 5.78 Å². The van der Waals surface area contributed by atoms with Crippen molar-refractivity contribution < 1.29 is 19.1 Å². The maximum absolute atomic E-state index is 12.3. The molecule has 0 N–H and O–H groups in total. The van der Waals surface area contributed by atoms with E-state index in [1.165, 1.54) is 0 Å². The first-order valence-electron chi connectivity index (χ1n) is 7.41. The zero-order valence-electron chi connectivity index (χ0n) is 13.0. The molecule has 1 amide bonds. The largest absolute Gasteiger partial charge is 0.497 e. The Morgan fingerprint density at radius 2 is 2.14 bits per heavy atom. The summed E-state index contributed by atoms with van der Waals surface area (Å²) in [4.78, 5) is 25.6. The smallest absolute Gasteiger partial charge is 0.410 e. The first kappa shape index (κ1) is 16.1. The standard InChI is InChI=1S/C17H21NO4/c1-3-22-17(20)18-9-7-13(8-10-18)11-16(19)14-5-4-6-15(12-14)21-2/h4-7,12H,3,8-11H2,1-2H3. The second-order valence-electron chi connectivity index (χ2n) is 5.09. The quantitative estimate of drug-likeness (QED) is 0.619. The third-order valence-corrected chi connectivity index (χ3v) is 3.61. The minimum absolute atomic E-state index is 0.0646. The molecule has 0 unspecified atom stereocenters. The van der Waals surface area contributed by atoms with Gasteiger partial charge >= 0.3 is 6.09 Å². The lowest BCUT2D eigenvalue weighted by atomic mass is 9.98. The number of nitrogens with zero attached hydrogens (tertiary/aromatic N) is 1. The molecular formula is C17H21NO4. The molecule has 1 aliphatic heterocycles. The van der Waals surface area contributed by atoms with Crippen molar-refractivity contribution in [3.05, 3.63) is 41.5 Å². The van der Waals surface area contributed by atoms with Crippen LogP contribution in [-0.4, -0.2) is 43.6 Å². The van der Waals surface area contributed by atoms with Crippen LogP contribution in [0.3, 0.4) is 0 Å². The van der Waals surface area contributed by atoms with Crippen molar-refractivity contribution in [2.75, 3.05) is 26.8 Å². The van der Waals surface area contributed by atoms with Crippen LogP contribution in [0.2, 0.25) is 0 Å². The van der Waals surface area contributed by atoms with Gasteiger partial charge in [-0.2, -0.15) is 0 Å². The number of ether oxygens (including phenoxy) is 2. The number of carbonyl (C=O) groups excluding carboxylic acids is 2. The fraction of sp³-hybridized carbons (Fsp3) is 0.412. The lowest BCUT2D eigenvalue weighted by Crippen LogP contribution is -2.35. The van der Waals surface area contributed by atoms with Gasteiger partial charge in [-0.05, 0) is 25.5 Å². The van der Waals surface area contributed by atoms with Gasteiger partial charge in [-0.1, -0.05) is 23.8 Å². The van der Waals surface area contributed by atoms with E-state index >= 15 is 0 Å². The summed E-state index contributed by atoms with van der Waals surface area (Å²) in [6.45, 7) is 3.26. The van der Waals surface area contributed by atoms with E-state index in [4.69, 9.17) is 9.47 Å². The predicted octanol–water partition coefficient (Wildman–Crippen LogP) is 3.06. The Kier molecular flexibility index (Phi) is 5.58. The Labute approximate surface area is 130 Å². The normalized spacial score (nSPS) is 14.3. The first-order valence-corrected chi connectivity index (χ1v) is 7.41. The molecular weight excluding hydrogens is 282 g/mol. The van der Waals surface area contributed by atoms with Gasteiger partial charge in [-0.25, -0.2) is 4.79 Å². The monoisotopic (exact) mass is 303 g/mol. The van der Waals surface area contributed by atoms with Crippen LogP contribution in [-0.2, 0) is 4.74 Å². The number of methoxy groups -OCH3 is 1. The minimum atomic E-state index is -0.295. The Morgan fingerprint density at radius 1 is 1.32 bits per heavy atom. The lowest BCUT2D eigenvalue weighted by Gasteiger charge is -2.25. The topological polar surface area (TPSA) is 55.8 Å². The first-order chi connectivity index (χ1) is 10.6. The Balaban J connectivity index is 1.94. The van der Waals surface area contributed by atoms with E-state index in [-0.39, 0.29) is 11.9 Å². The maximum Gasteiger partial charge on any atom is 0.410 e. The molecule has 0 radical (unpaired) electrons. The van der Waals surface area contributed by atoms with Crippen molar-refractivity contribution >= 4 is 11.9 Å². The molecule has 1 aliphatic rings. The molecule has 2 rings (SSSR count). The molecule has 0 fully saturated rings. The van der Waals surface area contributed by atoms with Crippen molar-refractivity contribution in [3.8, 4) is 5.75 Å². The SMILES string of the molecule is CCOC(=O)N1CC=C(CC(=O)c2cccc(OC)c2)CC1. The van der Waals surface area contributed by atoms with Crippen molar-refractivity contribution in [1.82, 2.24) is 4.90 Å². The molecule has 0 saturated heterocycles. The molecule has 0 atom stereocenters. The van der Waals surface area contributed by atoms with Gasteiger partial charge < -0.3 is 14.4 Å². The van der Waals surface area contributed by atoms with Gasteiger partial charge in [0.2, 0.25) is 0 Å². The van der Waals surface area contributed by atoms with Crippen molar-refractivity contribution in [1.29, 1.82) is 0 Å². The summed E-state index contributed by atoms with van der Waals surface area (Å²) in [6, 6.07) is 7.16. The molecule has 1 heterocycles. The van der Waals surface area contributed by atoms with Gasteiger partial charge in [0.05, 0.1) is 13.7 Å². The fourth-order valence-electron chi connectivity index (χ4n) is 2.36. The molecule has 0 aromatic heterocycles. The van der Waals surface area contributed by atoms with Crippen LogP contribution in [0.4, 0.5) is 4.79 Å². The number of hydrogen-bond acceptors (Lipinski definition) is 4. The summed E-state index contributed by atoms with van der Waals surface area (Å²) in [5, 5.41) is 0.